The van der Waals surface area contributed by atoms with E-state index in [1.807, 2.05) is 59.3 Å². The van der Waals surface area contributed by atoms with Crippen LogP contribution in [0.3, 0.4) is 0 Å². The van der Waals surface area contributed by atoms with E-state index in [0.717, 1.165) is 65.4 Å². The molecule has 0 N–H and O–H groups in total. The monoisotopic (exact) mass is 562 g/mol. The number of hydrogen-bond donors (Lipinski definition) is 0. The third kappa shape index (κ3) is 7.75. The fourth-order valence-electron chi connectivity index (χ4n) is 5.15. The Morgan fingerprint density at radius 3 is 2.46 bits per heavy atom. The van der Waals surface area contributed by atoms with Crippen molar-refractivity contribution in [1.82, 2.24) is 9.97 Å². The normalized spacial score (nSPS) is 14.7. The molecule has 0 bridgehead atoms. The summed E-state index contributed by atoms with van der Waals surface area (Å²) in [6, 6.07) is 8.60. The van der Waals surface area contributed by atoms with Gasteiger partial charge in [-0.2, -0.15) is 0 Å². The number of anilines is 2. The molecule has 3 heterocycles. The maximum atomic E-state index is 13.4. The Bertz CT molecular complexity index is 1350. The van der Waals surface area contributed by atoms with E-state index >= 15 is 0 Å². The molecule has 0 radical (unpaired) electrons. The number of carbonyl (C=O) groups is 1. The van der Waals surface area contributed by atoms with Gasteiger partial charge >= 0.3 is 5.97 Å². The van der Waals surface area contributed by atoms with E-state index in [2.05, 4.69) is 28.6 Å². The van der Waals surface area contributed by atoms with Crippen LogP contribution >= 0.6 is 0 Å². The van der Waals surface area contributed by atoms with Gasteiger partial charge in [-0.15, -0.1) is 0 Å². The molecule has 0 spiro atoms. The minimum absolute atomic E-state index is 0.172. The van der Waals surface area contributed by atoms with E-state index in [1.165, 1.54) is 12.1 Å². The number of aromatic nitrogens is 2. The number of nitrogens with zero attached hydrogens (tertiary/aromatic N) is 4. The first-order valence-corrected chi connectivity index (χ1v) is 14.4. The standard InChI is InChI=1S/C33H43FN4O3/c1-22(2)41-31(39)19-27-24(4)35-21-28(32(27)38-14-12-33(5,6)13-15-38)29-10-9-26(20-36-29)37(7)16-17-40-30-11-8-25(34)18-23(30)3/h8-11,18,20-22H,12-17,19H2,1-7H3. The van der Waals surface area contributed by atoms with Crippen molar-refractivity contribution in [2.24, 2.45) is 5.41 Å². The molecule has 2 aromatic heterocycles. The summed E-state index contributed by atoms with van der Waals surface area (Å²) >= 11 is 0. The summed E-state index contributed by atoms with van der Waals surface area (Å²) in [6.07, 6.45) is 5.88. The third-order valence-electron chi connectivity index (χ3n) is 7.77. The van der Waals surface area contributed by atoms with Gasteiger partial charge in [0.1, 0.15) is 18.2 Å². The van der Waals surface area contributed by atoms with E-state index in [4.69, 9.17) is 14.5 Å². The number of piperidine rings is 1. The summed E-state index contributed by atoms with van der Waals surface area (Å²) in [6.45, 7) is 15.1. The average molecular weight is 563 g/mol. The van der Waals surface area contributed by atoms with Crippen molar-refractivity contribution in [3.8, 4) is 17.0 Å². The summed E-state index contributed by atoms with van der Waals surface area (Å²) in [5.74, 6) is 0.169. The summed E-state index contributed by atoms with van der Waals surface area (Å²) in [7, 11) is 1.99. The minimum atomic E-state index is -0.267. The van der Waals surface area contributed by atoms with E-state index in [1.54, 1.807) is 6.07 Å². The van der Waals surface area contributed by atoms with Crippen LogP contribution in [0.2, 0.25) is 0 Å². The van der Waals surface area contributed by atoms with Crippen LogP contribution in [0.4, 0.5) is 15.8 Å². The van der Waals surface area contributed by atoms with Gasteiger partial charge in [0.15, 0.2) is 0 Å². The highest BCUT2D eigenvalue weighted by Crippen LogP contribution is 2.39. The predicted octanol–water partition coefficient (Wildman–Crippen LogP) is 6.54. The number of halogens is 1. The Morgan fingerprint density at radius 1 is 1.10 bits per heavy atom. The molecule has 4 rings (SSSR count). The summed E-state index contributed by atoms with van der Waals surface area (Å²) in [4.78, 5) is 26.8. The molecule has 0 aliphatic carbocycles. The SMILES string of the molecule is Cc1cc(F)ccc1OCCN(C)c1ccc(-c2cnc(C)c(CC(=O)OC(C)C)c2N2CCC(C)(C)CC2)nc1. The zero-order valence-electron chi connectivity index (χ0n) is 25.5. The van der Waals surface area contributed by atoms with Crippen LogP contribution in [0.1, 0.15) is 57.4 Å². The van der Waals surface area contributed by atoms with Crippen molar-refractivity contribution in [3.63, 3.8) is 0 Å². The van der Waals surface area contributed by atoms with Crippen molar-refractivity contribution in [1.29, 1.82) is 0 Å². The molecule has 220 valence electrons. The molecule has 1 aliphatic heterocycles. The maximum absolute atomic E-state index is 13.4. The zero-order chi connectivity index (χ0) is 29.7. The number of carbonyl (C=O) groups excluding carboxylic acids is 1. The van der Waals surface area contributed by atoms with E-state index < -0.39 is 0 Å². The van der Waals surface area contributed by atoms with Crippen molar-refractivity contribution in [2.45, 2.75) is 66.9 Å². The number of pyridine rings is 2. The lowest BCUT2D eigenvalue weighted by Crippen LogP contribution is -2.38. The van der Waals surface area contributed by atoms with Gasteiger partial charge in [0.25, 0.3) is 0 Å². The van der Waals surface area contributed by atoms with Crippen LogP contribution in [0.25, 0.3) is 11.3 Å². The van der Waals surface area contributed by atoms with Crippen LogP contribution in [-0.4, -0.2) is 55.3 Å². The van der Waals surface area contributed by atoms with Gasteiger partial charge < -0.3 is 19.3 Å². The maximum Gasteiger partial charge on any atom is 0.310 e. The number of rotatable bonds is 10. The number of aryl methyl sites for hydroxylation is 2. The molecule has 1 aliphatic rings. The van der Waals surface area contributed by atoms with E-state index in [0.29, 0.717) is 24.3 Å². The molecule has 0 saturated carbocycles. The Morgan fingerprint density at radius 2 is 1.83 bits per heavy atom. The van der Waals surface area contributed by atoms with Gasteiger partial charge in [0.2, 0.25) is 0 Å². The summed E-state index contributed by atoms with van der Waals surface area (Å²) in [5.41, 5.74) is 6.53. The first-order valence-electron chi connectivity index (χ1n) is 14.4. The Balaban J connectivity index is 1.56. The van der Waals surface area contributed by atoms with Crippen LogP contribution < -0.4 is 14.5 Å². The van der Waals surface area contributed by atoms with E-state index in [-0.39, 0.29) is 24.3 Å². The Labute approximate surface area is 243 Å². The van der Waals surface area contributed by atoms with Gasteiger partial charge in [0, 0.05) is 43.2 Å². The van der Waals surface area contributed by atoms with Gasteiger partial charge in [0.05, 0.1) is 42.3 Å². The van der Waals surface area contributed by atoms with Gasteiger partial charge in [-0.25, -0.2) is 4.39 Å². The first kappa shape index (κ1) is 30.3. The average Bonchev–Trinajstić information content (AvgIpc) is 2.91. The molecule has 0 atom stereocenters. The zero-order valence-corrected chi connectivity index (χ0v) is 25.5. The topological polar surface area (TPSA) is 67.8 Å². The smallest absolute Gasteiger partial charge is 0.310 e. The highest BCUT2D eigenvalue weighted by atomic mass is 19.1. The summed E-state index contributed by atoms with van der Waals surface area (Å²) < 4.78 is 24.8. The lowest BCUT2D eigenvalue weighted by atomic mass is 9.82. The number of ether oxygens (including phenoxy) is 2. The highest BCUT2D eigenvalue weighted by molar-refractivity contribution is 5.84. The van der Waals surface area contributed by atoms with Gasteiger partial charge in [-0.1, -0.05) is 13.8 Å². The second kappa shape index (κ2) is 12.9. The quantitative estimate of drug-likeness (QED) is 0.260. The summed E-state index contributed by atoms with van der Waals surface area (Å²) in [5, 5.41) is 0. The lowest BCUT2D eigenvalue weighted by molar-refractivity contribution is -0.146. The second-order valence-electron chi connectivity index (χ2n) is 12.0. The van der Waals surface area contributed by atoms with Gasteiger partial charge in [-0.05, 0) is 81.8 Å². The van der Waals surface area contributed by atoms with Crippen molar-refractivity contribution < 1.29 is 18.7 Å². The predicted molar refractivity (Wildman–Crippen MR) is 162 cm³/mol. The molecule has 7 nitrogen and oxygen atoms in total. The lowest BCUT2D eigenvalue weighted by Gasteiger charge is -2.40. The molecule has 1 aromatic carbocycles. The molecule has 3 aromatic rings. The third-order valence-corrected chi connectivity index (χ3v) is 7.77. The number of hydrogen-bond acceptors (Lipinski definition) is 7. The molecule has 0 amide bonds. The van der Waals surface area contributed by atoms with Crippen LogP contribution in [0, 0.1) is 25.1 Å². The van der Waals surface area contributed by atoms with Crippen molar-refractivity contribution in [2.75, 3.05) is 43.1 Å². The molecule has 0 unspecified atom stereocenters. The second-order valence-corrected chi connectivity index (χ2v) is 12.0. The van der Waals surface area contributed by atoms with E-state index in [9.17, 15) is 9.18 Å². The first-order chi connectivity index (χ1) is 19.4. The van der Waals surface area contributed by atoms with Gasteiger partial charge in [-0.3, -0.25) is 14.8 Å². The molecule has 41 heavy (non-hydrogen) atoms. The largest absolute Gasteiger partial charge is 0.491 e. The Kier molecular flexibility index (Phi) is 9.51. The molecule has 8 heteroatoms. The fourth-order valence-corrected chi connectivity index (χ4v) is 5.15. The number of esters is 1. The highest BCUT2D eigenvalue weighted by Gasteiger charge is 2.30. The number of likely N-dealkylation sites (N-methyl/N-ethyl adjacent to an activating group) is 1. The van der Waals surface area contributed by atoms with Crippen molar-refractivity contribution >= 4 is 17.3 Å². The van der Waals surface area contributed by atoms with Crippen molar-refractivity contribution in [3.05, 3.63) is 65.4 Å². The fraction of sp³-hybridized carbons (Fsp3) is 0.485. The van der Waals surface area contributed by atoms with Crippen LogP contribution in [0.15, 0.2) is 42.7 Å². The van der Waals surface area contributed by atoms with Crippen LogP contribution in [-0.2, 0) is 16.0 Å². The van der Waals surface area contributed by atoms with Crippen LogP contribution in [0.5, 0.6) is 5.75 Å². The minimum Gasteiger partial charge on any atom is -0.491 e. The molecule has 1 fully saturated rings. The molecular weight excluding hydrogens is 519 g/mol. The molecular formula is C33H43FN4O3. The number of benzene rings is 1. The molecule has 1 saturated heterocycles. The Hall–Kier alpha value is -3.68.